The van der Waals surface area contributed by atoms with Crippen LogP contribution in [-0.4, -0.2) is 23.4 Å². The first-order valence-electron chi connectivity index (χ1n) is 8.45. The van der Waals surface area contributed by atoms with Crippen molar-refractivity contribution in [2.75, 3.05) is 11.5 Å². The van der Waals surface area contributed by atoms with Crippen LogP contribution in [0.25, 0.3) is 6.08 Å². The van der Waals surface area contributed by atoms with E-state index in [1.165, 1.54) is 22.7 Å². The number of nitrogens with zero attached hydrogens (tertiary/aromatic N) is 1. The summed E-state index contributed by atoms with van der Waals surface area (Å²) >= 11 is 6.56. The molecule has 0 unspecified atom stereocenters. The Balaban J connectivity index is 1.90. The van der Waals surface area contributed by atoms with Crippen LogP contribution >= 0.6 is 24.0 Å². The summed E-state index contributed by atoms with van der Waals surface area (Å²) in [6.07, 6.45) is 1.66. The maximum absolute atomic E-state index is 12.8. The molecule has 1 aliphatic rings. The van der Waals surface area contributed by atoms with E-state index < -0.39 is 6.61 Å². The minimum Gasteiger partial charge on any atom is -0.490 e. The van der Waals surface area contributed by atoms with Gasteiger partial charge in [0.2, 0.25) is 0 Å². The van der Waals surface area contributed by atoms with Gasteiger partial charge in [-0.1, -0.05) is 42.2 Å². The van der Waals surface area contributed by atoms with Gasteiger partial charge in [-0.3, -0.25) is 9.69 Å². The fourth-order valence-corrected chi connectivity index (χ4v) is 3.98. The Bertz CT molecular complexity index is 947. The quantitative estimate of drug-likeness (QED) is 0.461. The number of benzene rings is 2. The summed E-state index contributed by atoms with van der Waals surface area (Å²) in [5.74, 6) is -0.0986. The lowest BCUT2D eigenvalue weighted by atomic mass is 10.1. The molecule has 0 spiro atoms. The lowest BCUT2D eigenvalue weighted by molar-refractivity contribution is -0.113. The van der Waals surface area contributed by atoms with E-state index in [1.807, 2.05) is 31.2 Å². The van der Waals surface area contributed by atoms with Crippen molar-refractivity contribution < 1.29 is 23.0 Å². The van der Waals surface area contributed by atoms with Crippen molar-refractivity contribution in [3.05, 3.63) is 58.5 Å². The summed E-state index contributed by atoms with van der Waals surface area (Å²) in [4.78, 5) is 14.8. The highest BCUT2D eigenvalue weighted by Crippen LogP contribution is 2.37. The minimum absolute atomic E-state index is 0.0543. The number of rotatable bonds is 6. The molecule has 8 heteroatoms. The topological polar surface area (TPSA) is 38.8 Å². The van der Waals surface area contributed by atoms with Crippen LogP contribution in [0, 0.1) is 6.92 Å². The zero-order chi connectivity index (χ0) is 20.3. The van der Waals surface area contributed by atoms with Crippen molar-refractivity contribution in [2.45, 2.75) is 20.5 Å². The Morgan fingerprint density at radius 1 is 1.21 bits per heavy atom. The molecule has 0 aromatic heterocycles. The second-order valence-corrected chi connectivity index (χ2v) is 7.55. The normalized spacial score (nSPS) is 15.6. The summed E-state index contributed by atoms with van der Waals surface area (Å²) in [6.45, 7) is 1.02. The number of alkyl halides is 2. The van der Waals surface area contributed by atoms with Gasteiger partial charge in [-0.05, 0) is 55.3 Å². The third kappa shape index (κ3) is 4.51. The average molecular weight is 421 g/mol. The first-order valence-corrected chi connectivity index (χ1v) is 9.67. The summed E-state index contributed by atoms with van der Waals surface area (Å²) in [5.41, 5.74) is 2.35. The Morgan fingerprint density at radius 3 is 2.68 bits per heavy atom. The highest BCUT2D eigenvalue weighted by molar-refractivity contribution is 8.27. The second-order valence-electron chi connectivity index (χ2n) is 5.87. The maximum atomic E-state index is 12.8. The zero-order valence-electron chi connectivity index (χ0n) is 15.1. The monoisotopic (exact) mass is 421 g/mol. The van der Waals surface area contributed by atoms with E-state index in [2.05, 4.69) is 4.74 Å². The number of hydrogen-bond donors (Lipinski definition) is 0. The largest absolute Gasteiger partial charge is 0.490 e. The molecule has 0 N–H and O–H groups in total. The molecule has 0 radical (unpaired) electrons. The zero-order valence-corrected chi connectivity index (χ0v) is 16.8. The molecule has 1 saturated heterocycles. The Labute approximate surface area is 171 Å². The lowest BCUT2D eigenvalue weighted by Crippen LogP contribution is -2.27. The van der Waals surface area contributed by atoms with Gasteiger partial charge in [-0.25, -0.2) is 0 Å². The van der Waals surface area contributed by atoms with Crippen molar-refractivity contribution in [3.8, 4) is 11.5 Å². The van der Waals surface area contributed by atoms with Crippen molar-refractivity contribution in [2.24, 2.45) is 0 Å². The van der Waals surface area contributed by atoms with Crippen LogP contribution in [-0.2, 0) is 4.79 Å². The standard InChI is InChI=1S/C20H17F2NO3S2/c1-3-25-16-10-13(7-8-15(16)26-19(21)22)11-17-18(24)23(20(27)28-17)14-6-4-5-12(2)9-14/h4-11,19H,3H2,1-2H3/b17-11+. The molecule has 4 nitrogen and oxygen atoms in total. The molecule has 1 heterocycles. The number of hydrogen-bond acceptors (Lipinski definition) is 5. The molecule has 2 aromatic rings. The van der Waals surface area contributed by atoms with Crippen LogP contribution in [0.2, 0.25) is 0 Å². The van der Waals surface area contributed by atoms with Gasteiger partial charge in [0, 0.05) is 0 Å². The Morgan fingerprint density at radius 2 is 2.00 bits per heavy atom. The van der Waals surface area contributed by atoms with Crippen LogP contribution in [0.5, 0.6) is 11.5 Å². The van der Waals surface area contributed by atoms with Crippen molar-refractivity contribution in [1.82, 2.24) is 0 Å². The van der Waals surface area contributed by atoms with Gasteiger partial charge >= 0.3 is 6.61 Å². The molecule has 1 aliphatic heterocycles. The van der Waals surface area contributed by atoms with E-state index in [-0.39, 0.29) is 17.4 Å². The summed E-state index contributed by atoms with van der Waals surface area (Å²) < 4.78 is 35.4. The van der Waals surface area contributed by atoms with Crippen LogP contribution < -0.4 is 14.4 Å². The molecule has 0 saturated carbocycles. The predicted octanol–water partition coefficient (Wildman–Crippen LogP) is 5.40. The third-order valence-electron chi connectivity index (χ3n) is 3.83. The molecule has 28 heavy (non-hydrogen) atoms. The Hall–Kier alpha value is -2.45. The van der Waals surface area contributed by atoms with Crippen molar-refractivity contribution in [3.63, 3.8) is 0 Å². The van der Waals surface area contributed by atoms with Crippen LogP contribution in [0.4, 0.5) is 14.5 Å². The van der Waals surface area contributed by atoms with Crippen molar-refractivity contribution >= 4 is 46.0 Å². The number of anilines is 1. The molecule has 1 fully saturated rings. The molecule has 0 aliphatic carbocycles. The van der Waals surface area contributed by atoms with E-state index in [0.717, 1.165) is 5.56 Å². The van der Waals surface area contributed by atoms with Crippen molar-refractivity contribution in [1.29, 1.82) is 0 Å². The Kier molecular flexibility index (Phi) is 6.31. The van der Waals surface area contributed by atoms with E-state index in [1.54, 1.807) is 25.1 Å². The first-order chi connectivity index (χ1) is 13.4. The van der Waals surface area contributed by atoms with Gasteiger partial charge in [0.25, 0.3) is 5.91 Å². The number of aryl methyl sites for hydroxylation is 1. The smallest absolute Gasteiger partial charge is 0.387 e. The van der Waals surface area contributed by atoms with E-state index in [9.17, 15) is 13.6 Å². The van der Waals surface area contributed by atoms with Crippen LogP contribution in [0.15, 0.2) is 47.4 Å². The molecule has 2 aromatic carbocycles. The average Bonchev–Trinajstić information content (AvgIpc) is 2.90. The van der Waals surface area contributed by atoms with Gasteiger partial charge in [-0.2, -0.15) is 8.78 Å². The molecule has 3 rings (SSSR count). The first kappa shape index (κ1) is 20.3. The van der Waals surface area contributed by atoms with Gasteiger partial charge in [0.15, 0.2) is 15.8 Å². The number of thioether (sulfide) groups is 1. The summed E-state index contributed by atoms with van der Waals surface area (Å²) in [6, 6.07) is 12.0. The lowest BCUT2D eigenvalue weighted by Gasteiger charge is -2.15. The van der Waals surface area contributed by atoms with Crippen LogP contribution in [0.1, 0.15) is 18.1 Å². The SMILES string of the molecule is CCOc1cc(/C=C2/SC(=S)N(c3cccc(C)c3)C2=O)ccc1OC(F)F. The second kappa shape index (κ2) is 8.70. The van der Waals surface area contributed by atoms with E-state index in [4.69, 9.17) is 17.0 Å². The highest BCUT2D eigenvalue weighted by atomic mass is 32.2. The third-order valence-corrected chi connectivity index (χ3v) is 5.14. The highest BCUT2D eigenvalue weighted by Gasteiger charge is 2.33. The molecular formula is C20H17F2NO3S2. The number of carbonyl (C=O) groups is 1. The van der Waals surface area contributed by atoms with Gasteiger partial charge in [0.1, 0.15) is 0 Å². The van der Waals surface area contributed by atoms with Gasteiger partial charge in [0.05, 0.1) is 17.2 Å². The maximum Gasteiger partial charge on any atom is 0.387 e. The predicted molar refractivity (Wildman–Crippen MR) is 111 cm³/mol. The van der Waals surface area contributed by atoms with Gasteiger partial charge < -0.3 is 9.47 Å². The minimum atomic E-state index is -2.95. The molecule has 0 bridgehead atoms. The number of halogens is 2. The number of carbonyl (C=O) groups excluding carboxylic acids is 1. The molecule has 146 valence electrons. The number of thiocarbonyl (C=S) groups is 1. The number of ether oxygens (including phenoxy) is 2. The summed E-state index contributed by atoms with van der Waals surface area (Å²) in [7, 11) is 0. The van der Waals surface area contributed by atoms with Crippen LogP contribution in [0.3, 0.4) is 0 Å². The van der Waals surface area contributed by atoms with E-state index >= 15 is 0 Å². The molecular weight excluding hydrogens is 404 g/mol. The molecule has 0 atom stereocenters. The number of amides is 1. The molecule has 1 amide bonds. The van der Waals surface area contributed by atoms with Gasteiger partial charge in [-0.15, -0.1) is 0 Å². The fourth-order valence-electron chi connectivity index (χ4n) is 2.68. The fraction of sp³-hybridized carbons (Fsp3) is 0.200. The van der Waals surface area contributed by atoms with E-state index in [0.29, 0.717) is 27.1 Å². The summed E-state index contributed by atoms with van der Waals surface area (Å²) in [5, 5.41) is 0.